The molecule has 1 heterocycles. The van der Waals surface area contributed by atoms with Crippen molar-refractivity contribution >= 4 is 34.3 Å². The fourth-order valence-corrected chi connectivity index (χ4v) is 2.84. The third kappa shape index (κ3) is 5.08. The molecule has 1 aliphatic rings. The number of carbonyl (C=O) groups excluding carboxylic acids is 1. The van der Waals surface area contributed by atoms with Crippen molar-refractivity contribution in [1.82, 2.24) is 4.90 Å². The Morgan fingerprint density at radius 1 is 1.35 bits per heavy atom. The van der Waals surface area contributed by atoms with Gasteiger partial charge in [0.25, 0.3) is 0 Å². The molecule has 0 N–H and O–H groups in total. The maximum absolute atomic E-state index is 11.2. The topological polar surface area (TPSA) is 29.5 Å². The summed E-state index contributed by atoms with van der Waals surface area (Å²) >= 11 is 6.87. The molecular weight excluding hydrogens is 254 g/mol. The maximum atomic E-state index is 11.2. The Bertz CT molecular complexity index is 297. The van der Waals surface area contributed by atoms with Crippen LogP contribution in [0.15, 0.2) is 12.2 Å². The van der Waals surface area contributed by atoms with Crippen LogP contribution in [0.4, 0.5) is 0 Å². The highest BCUT2D eigenvalue weighted by Crippen LogP contribution is 2.18. The van der Waals surface area contributed by atoms with Gasteiger partial charge in [-0.05, 0) is 12.8 Å². The van der Waals surface area contributed by atoms with Crippen LogP contribution in [0.3, 0.4) is 0 Å². The number of hydrogen-bond donors (Lipinski definition) is 0. The van der Waals surface area contributed by atoms with E-state index in [4.69, 9.17) is 12.2 Å². The summed E-state index contributed by atoms with van der Waals surface area (Å²) < 4.78 is 5.47. The number of ether oxygens (including phenoxy) is 1. The number of thiocarbonyl (C=S) groups is 1. The van der Waals surface area contributed by atoms with Crippen molar-refractivity contribution in [3.63, 3.8) is 0 Å². The van der Waals surface area contributed by atoms with Gasteiger partial charge in [0.05, 0.1) is 7.11 Å². The zero-order valence-corrected chi connectivity index (χ0v) is 11.9. The molecule has 1 rings (SSSR count). The summed E-state index contributed by atoms with van der Waals surface area (Å²) in [5, 5.41) is 0. The highest BCUT2D eigenvalue weighted by atomic mass is 32.2. The number of methoxy groups -OCH3 is 1. The van der Waals surface area contributed by atoms with Crippen molar-refractivity contribution in [3.8, 4) is 0 Å². The molecule has 5 heteroatoms. The lowest BCUT2D eigenvalue weighted by atomic mass is 10.2. The van der Waals surface area contributed by atoms with Gasteiger partial charge in [-0.25, -0.2) is 4.79 Å². The van der Waals surface area contributed by atoms with Crippen LogP contribution in [0.2, 0.25) is 0 Å². The average molecular weight is 273 g/mol. The Labute approximate surface area is 113 Å². The molecule has 3 nitrogen and oxygen atoms in total. The predicted octanol–water partition coefficient (Wildman–Crippen LogP) is 2.61. The molecule has 0 saturated carbocycles. The SMILES string of the molecule is C=C(CSC(=S)N1CCCCCC1)C(=O)OC. The minimum absolute atomic E-state index is 0.351. The summed E-state index contributed by atoms with van der Waals surface area (Å²) in [6.45, 7) is 5.76. The van der Waals surface area contributed by atoms with E-state index in [1.54, 1.807) is 0 Å². The van der Waals surface area contributed by atoms with E-state index in [9.17, 15) is 4.79 Å². The number of rotatable bonds is 3. The van der Waals surface area contributed by atoms with Crippen molar-refractivity contribution in [1.29, 1.82) is 0 Å². The van der Waals surface area contributed by atoms with Crippen LogP contribution in [-0.2, 0) is 9.53 Å². The minimum Gasteiger partial charge on any atom is -0.466 e. The van der Waals surface area contributed by atoms with E-state index in [0.717, 1.165) is 17.4 Å². The van der Waals surface area contributed by atoms with E-state index in [-0.39, 0.29) is 5.97 Å². The number of esters is 1. The van der Waals surface area contributed by atoms with Gasteiger partial charge in [0.15, 0.2) is 0 Å². The zero-order chi connectivity index (χ0) is 12.7. The second kappa shape index (κ2) is 7.71. The van der Waals surface area contributed by atoms with E-state index < -0.39 is 0 Å². The van der Waals surface area contributed by atoms with Gasteiger partial charge in [-0.1, -0.05) is 43.4 Å². The molecule has 96 valence electrons. The van der Waals surface area contributed by atoms with Gasteiger partial charge >= 0.3 is 5.97 Å². The Kier molecular flexibility index (Phi) is 6.58. The van der Waals surface area contributed by atoms with E-state index in [1.807, 2.05) is 0 Å². The van der Waals surface area contributed by atoms with Gasteiger partial charge < -0.3 is 9.64 Å². The maximum Gasteiger partial charge on any atom is 0.333 e. The molecule has 0 amide bonds. The normalized spacial score (nSPS) is 16.2. The third-order valence-electron chi connectivity index (χ3n) is 2.71. The highest BCUT2D eigenvalue weighted by Gasteiger charge is 2.14. The summed E-state index contributed by atoms with van der Waals surface area (Å²) in [5.41, 5.74) is 0.467. The summed E-state index contributed by atoms with van der Waals surface area (Å²) in [6.07, 6.45) is 4.99. The number of thioether (sulfide) groups is 1. The average Bonchev–Trinajstić information content (AvgIpc) is 2.63. The number of likely N-dealkylation sites (tertiary alicyclic amines) is 1. The Morgan fingerprint density at radius 3 is 2.47 bits per heavy atom. The number of carbonyl (C=O) groups is 1. The first-order chi connectivity index (χ1) is 8.15. The standard InChI is InChI=1S/C12H19NO2S2/c1-10(11(14)15-2)9-17-12(16)13-7-5-3-4-6-8-13/h1,3-9H2,2H3. The van der Waals surface area contributed by atoms with E-state index in [2.05, 4.69) is 16.2 Å². The van der Waals surface area contributed by atoms with Crippen LogP contribution in [0, 0.1) is 0 Å². The van der Waals surface area contributed by atoms with E-state index in [1.165, 1.54) is 44.6 Å². The Morgan fingerprint density at radius 2 is 1.94 bits per heavy atom. The monoisotopic (exact) mass is 273 g/mol. The summed E-state index contributed by atoms with van der Waals surface area (Å²) in [7, 11) is 1.37. The van der Waals surface area contributed by atoms with Crippen molar-refractivity contribution in [3.05, 3.63) is 12.2 Å². The molecule has 17 heavy (non-hydrogen) atoms. The lowest BCUT2D eigenvalue weighted by Gasteiger charge is -2.22. The van der Waals surface area contributed by atoms with Gasteiger partial charge in [0.2, 0.25) is 0 Å². The molecule has 0 spiro atoms. The minimum atomic E-state index is -0.351. The van der Waals surface area contributed by atoms with Crippen LogP contribution in [0.5, 0.6) is 0 Å². The van der Waals surface area contributed by atoms with E-state index in [0.29, 0.717) is 11.3 Å². The highest BCUT2D eigenvalue weighted by molar-refractivity contribution is 8.23. The van der Waals surface area contributed by atoms with Crippen LogP contribution < -0.4 is 0 Å². The number of nitrogens with zero attached hydrogens (tertiary/aromatic N) is 1. The first kappa shape index (κ1) is 14.5. The van der Waals surface area contributed by atoms with Crippen molar-refractivity contribution in [2.45, 2.75) is 25.7 Å². The lowest BCUT2D eigenvalue weighted by Crippen LogP contribution is -2.28. The van der Waals surface area contributed by atoms with Gasteiger partial charge in [-0.15, -0.1) is 0 Å². The number of hydrogen-bond acceptors (Lipinski definition) is 4. The largest absolute Gasteiger partial charge is 0.466 e. The van der Waals surface area contributed by atoms with Crippen molar-refractivity contribution < 1.29 is 9.53 Å². The smallest absolute Gasteiger partial charge is 0.333 e. The van der Waals surface area contributed by atoms with Crippen LogP contribution in [0.1, 0.15) is 25.7 Å². The fraction of sp³-hybridized carbons (Fsp3) is 0.667. The van der Waals surface area contributed by atoms with Gasteiger partial charge in [0.1, 0.15) is 4.32 Å². The summed E-state index contributed by atoms with van der Waals surface area (Å²) in [4.78, 5) is 13.4. The van der Waals surface area contributed by atoms with Gasteiger partial charge in [-0.3, -0.25) is 0 Å². The quantitative estimate of drug-likeness (QED) is 0.448. The van der Waals surface area contributed by atoms with E-state index >= 15 is 0 Å². The molecule has 0 aromatic carbocycles. The van der Waals surface area contributed by atoms with Crippen molar-refractivity contribution in [2.75, 3.05) is 26.0 Å². The van der Waals surface area contributed by atoms with Gasteiger partial charge in [-0.2, -0.15) is 0 Å². The molecule has 0 atom stereocenters. The fourth-order valence-electron chi connectivity index (χ4n) is 1.70. The molecule has 0 aromatic rings. The van der Waals surface area contributed by atoms with Gasteiger partial charge in [0, 0.05) is 24.4 Å². The first-order valence-electron chi connectivity index (χ1n) is 5.83. The molecule has 0 radical (unpaired) electrons. The molecular formula is C12H19NO2S2. The second-order valence-electron chi connectivity index (χ2n) is 4.05. The third-order valence-corrected chi connectivity index (χ3v) is 4.32. The molecule has 0 unspecified atom stereocenters. The van der Waals surface area contributed by atoms with Crippen LogP contribution >= 0.6 is 24.0 Å². The zero-order valence-electron chi connectivity index (χ0n) is 10.2. The first-order valence-corrected chi connectivity index (χ1v) is 7.22. The lowest BCUT2D eigenvalue weighted by molar-refractivity contribution is -0.135. The second-order valence-corrected chi connectivity index (χ2v) is 5.66. The summed E-state index contributed by atoms with van der Waals surface area (Å²) in [5.74, 6) is 0.165. The van der Waals surface area contributed by atoms with Crippen molar-refractivity contribution in [2.24, 2.45) is 0 Å². The van der Waals surface area contributed by atoms with Crippen LogP contribution in [-0.4, -0.2) is 41.1 Å². The molecule has 0 bridgehead atoms. The molecule has 0 aromatic heterocycles. The molecule has 1 saturated heterocycles. The molecule has 1 fully saturated rings. The van der Waals surface area contributed by atoms with Crippen LogP contribution in [0.25, 0.3) is 0 Å². The Balaban J connectivity index is 2.33. The summed E-state index contributed by atoms with van der Waals surface area (Å²) in [6, 6.07) is 0. The predicted molar refractivity (Wildman–Crippen MR) is 76.3 cm³/mol. The molecule has 0 aliphatic carbocycles. The Hall–Kier alpha value is -0.550. The molecule has 1 aliphatic heterocycles.